The van der Waals surface area contributed by atoms with Crippen molar-refractivity contribution >= 4 is 17.6 Å². The summed E-state index contributed by atoms with van der Waals surface area (Å²) in [4.78, 5) is 22.0. The van der Waals surface area contributed by atoms with E-state index < -0.39 is 6.09 Å². The lowest BCUT2D eigenvalue weighted by Gasteiger charge is -2.22. The lowest BCUT2D eigenvalue weighted by atomic mass is 10.1. The summed E-state index contributed by atoms with van der Waals surface area (Å²) in [5.41, 5.74) is 0.170. The van der Waals surface area contributed by atoms with E-state index in [4.69, 9.17) is 10.5 Å². The van der Waals surface area contributed by atoms with Gasteiger partial charge in [-0.05, 0) is 0 Å². The zero-order valence-electron chi connectivity index (χ0n) is 5.83. The summed E-state index contributed by atoms with van der Waals surface area (Å²) < 4.78 is 0. The smallest absolute Gasteiger partial charge is 0.408 e. The van der Waals surface area contributed by atoms with Crippen molar-refractivity contribution < 1.29 is 14.7 Å². The fourth-order valence-electron chi connectivity index (χ4n) is 0.984. The fourth-order valence-corrected chi connectivity index (χ4v) is 0.984. The van der Waals surface area contributed by atoms with Crippen LogP contribution < -0.4 is 0 Å². The number of amides is 1. The third-order valence-electron chi connectivity index (χ3n) is 1.43. The van der Waals surface area contributed by atoms with Crippen molar-refractivity contribution in [1.82, 2.24) is 4.90 Å². The highest BCUT2D eigenvalue weighted by Crippen LogP contribution is 2.02. The predicted octanol–water partition coefficient (Wildman–Crippen LogP) is -0.0410. The fraction of sp³-hybridized carbons (Fsp3) is 0.500. The molecule has 0 spiro atoms. The number of carboxylic acid groups (broad SMARTS) is 1. The van der Waals surface area contributed by atoms with E-state index in [1.165, 1.54) is 0 Å². The van der Waals surface area contributed by atoms with Gasteiger partial charge in [0.15, 0.2) is 5.78 Å². The molecule has 0 unspecified atom stereocenters. The molecule has 1 saturated heterocycles. The highest BCUT2D eigenvalue weighted by atomic mass is 16.4. The SMILES string of the molecule is N=C1CC(=O)CN(C(=O)O)C1. The highest BCUT2D eigenvalue weighted by Gasteiger charge is 2.23. The standard InChI is InChI=1S/C6H8N2O3/c7-4-1-5(9)3-8(2-4)6(10)11/h7H,1-3H2,(H,10,11). The van der Waals surface area contributed by atoms with E-state index in [1.54, 1.807) is 0 Å². The Labute approximate surface area is 63.1 Å². The van der Waals surface area contributed by atoms with Crippen LogP contribution >= 0.6 is 0 Å². The van der Waals surface area contributed by atoms with Crippen LogP contribution in [0.4, 0.5) is 4.79 Å². The molecule has 60 valence electrons. The maximum Gasteiger partial charge on any atom is 0.408 e. The first-order valence-corrected chi connectivity index (χ1v) is 3.15. The van der Waals surface area contributed by atoms with E-state index in [-0.39, 0.29) is 31.0 Å². The van der Waals surface area contributed by atoms with Crippen molar-refractivity contribution in [2.24, 2.45) is 0 Å². The van der Waals surface area contributed by atoms with Gasteiger partial charge < -0.3 is 10.5 Å². The van der Waals surface area contributed by atoms with Gasteiger partial charge >= 0.3 is 6.09 Å². The predicted molar refractivity (Wildman–Crippen MR) is 36.9 cm³/mol. The third kappa shape index (κ3) is 1.76. The number of nitrogens with one attached hydrogen (secondary N) is 1. The largest absolute Gasteiger partial charge is 0.465 e. The molecule has 0 saturated carbocycles. The number of rotatable bonds is 0. The average molecular weight is 156 g/mol. The summed E-state index contributed by atoms with van der Waals surface area (Å²) >= 11 is 0. The molecule has 2 N–H and O–H groups in total. The van der Waals surface area contributed by atoms with Crippen molar-refractivity contribution in [3.8, 4) is 0 Å². The van der Waals surface area contributed by atoms with Crippen molar-refractivity contribution in [1.29, 1.82) is 5.41 Å². The molecule has 5 heteroatoms. The number of carbonyl (C=O) groups is 2. The van der Waals surface area contributed by atoms with Crippen LogP contribution in [0.5, 0.6) is 0 Å². The number of piperidine rings is 1. The maximum atomic E-state index is 10.7. The topological polar surface area (TPSA) is 81.5 Å². The molecule has 0 aromatic carbocycles. The van der Waals surface area contributed by atoms with Gasteiger partial charge in [-0.3, -0.25) is 9.69 Å². The van der Waals surface area contributed by atoms with Gasteiger partial charge in [0.25, 0.3) is 0 Å². The van der Waals surface area contributed by atoms with Gasteiger partial charge in [0, 0.05) is 12.1 Å². The molecule has 0 radical (unpaired) electrons. The number of likely N-dealkylation sites (tertiary alicyclic amines) is 1. The summed E-state index contributed by atoms with van der Waals surface area (Å²) in [5, 5.41) is 15.6. The Morgan fingerprint density at radius 1 is 1.55 bits per heavy atom. The van der Waals surface area contributed by atoms with E-state index in [2.05, 4.69) is 0 Å². The maximum absolute atomic E-state index is 10.7. The molecule has 1 aliphatic rings. The molecule has 1 amide bonds. The van der Waals surface area contributed by atoms with Crippen LogP contribution in [0.15, 0.2) is 0 Å². The molecular weight excluding hydrogens is 148 g/mol. The van der Waals surface area contributed by atoms with E-state index in [0.717, 1.165) is 4.90 Å². The summed E-state index contributed by atoms with van der Waals surface area (Å²) in [6, 6.07) is 0. The van der Waals surface area contributed by atoms with E-state index in [0.29, 0.717) is 0 Å². The minimum Gasteiger partial charge on any atom is -0.465 e. The number of ketones is 1. The lowest BCUT2D eigenvalue weighted by molar-refractivity contribution is -0.119. The minimum atomic E-state index is -1.14. The Morgan fingerprint density at radius 3 is 2.64 bits per heavy atom. The molecule has 1 fully saturated rings. The molecule has 0 aliphatic carbocycles. The van der Waals surface area contributed by atoms with E-state index >= 15 is 0 Å². The Kier molecular flexibility index (Phi) is 1.89. The van der Waals surface area contributed by atoms with E-state index in [9.17, 15) is 9.59 Å². The molecule has 5 nitrogen and oxygen atoms in total. The van der Waals surface area contributed by atoms with Gasteiger partial charge in [-0.1, -0.05) is 0 Å². The van der Waals surface area contributed by atoms with Crippen molar-refractivity contribution in [2.45, 2.75) is 6.42 Å². The number of carbonyl (C=O) groups excluding carboxylic acids is 1. The lowest BCUT2D eigenvalue weighted by Crippen LogP contribution is -2.43. The number of hydrogen-bond donors (Lipinski definition) is 2. The molecule has 1 aliphatic heterocycles. The van der Waals surface area contributed by atoms with Crippen molar-refractivity contribution in [3.05, 3.63) is 0 Å². The van der Waals surface area contributed by atoms with Gasteiger partial charge in [0.1, 0.15) is 0 Å². The van der Waals surface area contributed by atoms with Crippen LogP contribution in [-0.4, -0.2) is 40.7 Å². The van der Waals surface area contributed by atoms with Gasteiger partial charge in [0.2, 0.25) is 0 Å². The van der Waals surface area contributed by atoms with E-state index in [1.807, 2.05) is 0 Å². The molecule has 0 aromatic rings. The van der Waals surface area contributed by atoms with Crippen LogP contribution in [-0.2, 0) is 4.79 Å². The first-order valence-electron chi connectivity index (χ1n) is 3.15. The molecule has 0 atom stereocenters. The average Bonchev–Trinajstić information content (AvgIpc) is 1.85. The van der Waals surface area contributed by atoms with Gasteiger partial charge in [0.05, 0.1) is 13.1 Å². The first kappa shape index (κ1) is 7.71. The second-order valence-corrected chi connectivity index (χ2v) is 2.46. The quantitative estimate of drug-likeness (QED) is 0.516. The zero-order chi connectivity index (χ0) is 8.43. The molecular formula is C6H8N2O3. The number of Topliss-reactive ketones (excluding diaryl/α,β-unsaturated/α-hetero) is 1. The number of nitrogens with zero attached hydrogens (tertiary/aromatic N) is 1. The molecule has 0 aromatic heterocycles. The Bertz CT molecular complexity index is 208. The third-order valence-corrected chi connectivity index (χ3v) is 1.43. The summed E-state index contributed by atoms with van der Waals surface area (Å²) in [6.07, 6.45) is -1.04. The monoisotopic (exact) mass is 156 g/mol. The second-order valence-electron chi connectivity index (χ2n) is 2.46. The Morgan fingerprint density at radius 2 is 2.18 bits per heavy atom. The zero-order valence-corrected chi connectivity index (χ0v) is 5.83. The Balaban J connectivity index is 2.63. The second kappa shape index (κ2) is 2.69. The van der Waals surface area contributed by atoms with Crippen LogP contribution in [0, 0.1) is 5.41 Å². The van der Waals surface area contributed by atoms with Gasteiger partial charge in [-0.2, -0.15) is 0 Å². The van der Waals surface area contributed by atoms with Crippen LogP contribution in [0.2, 0.25) is 0 Å². The summed E-state index contributed by atoms with van der Waals surface area (Å²) in [6.45, 7) is -0.00120. The Hall–Kier alpha value is -1.39. The minimum absolute atomic E-state index is 0.0705. The summed E-state index contributed by atoms with van der Waals surface area (Å²) in [5.74, 6) is -0.205. The molecule has 11 heavy (non-hydrogen) atoms. The normalized spacial score (nSPS) is 18.7. The van der Waals surface area contributed by atoms with Gasteiger partial charge in [-0.15, -0.1) is 0 Å². The van der Waals surface area contributed by atoms with Crippen LogP contribution in [0.25, 0.3) is 0 Å². The van der Waals surface area contributed by atoms with Crippen molar-refractivity contribution in [2.75, 3.05) is 13.1 Å². The first-order chi connectivity index (χ1) is 5.09. The summed E-state index contributed by atoms with van der Waals surface area (Å²) in [7, 11) is 0. The van der Waals surface area contributed by atoms with Gasteiger partial charge in [-0.25, -0.2) is 4.79 Å². The molecule has 1 rings (SSSR count). The number of hydrogen-bond acceptors (Lipinski definition) is 3. The van der Waals surface area contributed by atoms with Crippen LogP contribution in [0.1, 0.15) is 6.42 Å². The molecule has 0 bridgehead atoms. The molecule has 1 heterocycles. The van der Waals surface area contributed by atoms with Crippen LogP contribution in [0.3, 0.4) is 0 Å². The highest BCUT2D eigenvalue weighted by molar-refractivity contribution is 6.06. The van der Waals surface area contributed by atoms with Crippen molar-refractivity contribution in [3.63, 3.8) is 0 Å².